The van der Waals surface area contributed by atoms with Crippen LogP contribution in [-0.2, 0) is 0 Å². The summed E-state index contributed by atoms with van der Waals surface area (Å²) in [5.74, 6) is -1.16. The fraction of sp³-hybridized carbons (Fsp3) is 0.143. The fourth-order valence-electron chi connectivity index (χ4n) is 0.636. The number of aryl methyl sites for hydroxylation is 1. The smallest absolute Gasteiger partial charge is 0.183 e. The van der Waals surface area contributed by atoms with Crippen molar-refractivity contribution in [2.24, 2.45) is 0 Å². The molecule has 0 bridgehead atoms. The molecular weight excluding hydrogens is 155 g/mol. The molecule has 0 saturated carbocycles. The van der Waals surface area contributed by atoms with Crippen LogP contribution in [0.3, 0.4) is 0 Å². The Hall–Kier alpha value is -0.760. The molecule has 0 heterocycles. The third-order valence-electron chi connectivity index (χ3n) is 1.26. The van der Waals surface area contributed by atoms with Crippen molar-refractivity contribution in [3.05, 3.63) is 28.5 Å². The maximum atomic E-state index is 12.6. The van der Waals surface area contributed by atoms with Crippen molar-refractivity contribution in [1.82, 2.24) is 0 Å². The zero-order valence-corrected chi connectivity index (χ0v) is 6.11. The zero-order valence-electron chi connectivity index (χ0n) is 5.36. The lowest BCUT2D eigenvalue weighted by molar-refractivity contribution is 0.432. The van der Waals surface area contributed by atoms with Crippen LogP contribution in [0.5, 0.6) is 5.75 Å². The van der Waals surface area contributed by atoms with Gasteiger partial charge in [-0.2, -0.15) is 0 Å². The third-order valence-corrected chi connectivity index (χ3v) is 1.72. The van der Waals surface area contributed by atoms with E-state index in [9.17, 15) is 4.39 Å². The number of phenolic OH excluding ortho intramolecular Hbond substituents is 1. The second-order valence-corrected chi connectivity index (χ2v) is 2.41. The van der Waals surface area contributed by atoms with Crippen LogP contribution in [0.25, 0.3) is 0 Å². The van der Waals surface area contributed by atoms with Gasteiger partial charge < -0.3 is 5.11 Å². The topological polar surface area (TPSA) is 20.2 Å². The van der Waals surface area contributed by atoms with Gasteiger partial charge in [0.1, 0.15) is 0 Å². The van der Waals surface area contributed by atoms with Crippen molar-refractivity contribution in [1.29, 1.82) is 0 Å². The van der Waals surface area contributed by atoms with E-state index in [2.05, 4.69) is 0 Å². The minimum absolute atomic E-state index is 0.0139. The van der Waals surface area contributed by atoms with E-state index in [0.717, 1.165) is 0 Å². The van der Waals surface area contributed by atoms with Crippen LogP contribution in [-0.4, -0.2) is 5.11 Å². The van der Waals surface area contributed by atoms with Crippen LogP contribution in [0.15, 0.2) is 12.1 Å². The van der Waals surface area contributed by atoms with E-state index in [1.807, 2.05) is 0 Å². The minimum atomic E-state index is -0.748. The van der Waals surface area contributed by atoms with Crippen molar-refractivity contribution >= 4 is 11.6 Å². The predicted octanol–water partition coefficient (Wildman–Crippen LogP) is 2.49. The van der Waals surface area contributed by atoms with Gasteiger partial charge in [-0.3, -0.25) is 0 Å². The second-order valence-electron chi connectivity index (χ2n) is 2.03. The van der Waals surface area contributed by atoms with Gasteiger partial charge in [0.25, 0.3) is 0 Å². The molecule has 0 aliphatic rings. The highest BCUT2D eigenvalue weighted by molar-refractivity contribution is 6.31. The van der Waals surface area contributed by atoms with Crippen molar-refractivity contribution in [3.8, 4) is 5.75 Å². The molecule has 0 amide bonds. The lowest BCUT2D eigenvalue weighted by Gasteiger charge is -1.99. The first-order chi connectivity index (χ1) is 4.63. The Kier molecular flexibility index (Phi) is 1.81. The summed E-state index contributed by atoms with van der Waals surface area (Å²) >= 11 is 5.45. The van der Waals surface area contributed by atoms with Gasteiger partial charge in [0, 0.05) is 0 Å². The molecule has 0 aliphatic heterocycles. The number of rotatable bonds is 0. The molecule has 1 rings (SSSR count). The molecular formula is C7H6ClFO. The first-order valence-corrected chi connectivity index (χ1v) is 3.14. The average Bonchev–Trinajstić information content (AvgIpc) is 1.93. The van der Waals surface area contributed by atoms with Crippen molar-refractivity contribution in [2.45, 2.75) is 6.92 Å². The van der Waals surface area contributed by atoms with Gasteiger partial charge in [-0.25, -0.2) is 4.39 Å². The molecule has 1 aromatic rings. The molecule has 0 atom stereocenters. The van der Waals surface area contributed by atoms with Gasteiger partial charge in [-0.15, -0.1) is 0 Å². The molecule has 0 spiro atoms. The van der Waals surface area contributed by atoms with Crippen LogP contribution in [0.2, 0.25) is 5.02 Å². The first-order valence-electron chi connectivity index (χ1n) is 2.76. The van der Waals surface area contributed by atoms with Gasteiger partial charge in [-0.05, 0) is 18.6 Å². The Morgan fingerprint density at radius 3 is 2.60 bits per heavy atom. The summed E-state index contributed by atoms with van der Waals surface area (Å²) in [4.78, 5) is 0. The maximum absolute atomic E-state index is 12.6. The Morgan fingerprint density at radius 2 is 2.10 bits per heavy atom. The van der Waals surface area contributed by atoms with Gasteiger partial charge in [0.15, 0.2) is 11.6 Å². The zero-order chi connectivity index (χ0) is 7.72. The molecule has 0 unspecified atom stereocenters. The Morgan fingerprint density at radius 1 is 1.50 bits per heavy atom. The standard InChI is InChI=1S/C7H6ClFO/c1-4-2-3-5(10)7(9)6(4)8/h2-3,10H,1H3. The largest absolute Gasteiger partial charge is 0.505 e. The summed E-state index contributed by atoms with van der Waals surface area (Å²) in [6.45, 7) is 1.67. The molecule has 0 radical (unpaired) electrons. The molecule has 54 valence electrons. The molecule has 0 aliphatic carbocycles. The number of hydrogen-bond acceptors (Lipinski definition) is 1. The molecule has 0 saturated heterocycles. The second kappa shape index (κ2) is 2.46. The van der Waals surface area contributed by atoms with Gasteiger partial charge in [0.2, 0.25) is 0 Å². The molecule has 0 aromatic heterocycles. The highest BCUT2D eigenvalue weighted by Gasteiger charge is 2.06. The van der Waals surface area contributed by atoms with Gasteiger partial charge >= 0.3 is 0 Å². The van der Waals surface area contributed by atoms with E-state index in [1.165, 1.54) is 6.07 Å². The van der Waals surface area contributed by atoms with E-state index < -0.39 is 11.6 Å². The monoisotopic (exact) mass is 160 g/mol. The van der Waals surface area contributed by atoms with Crippen LogP contribution in [0.4, 0.5) is 4.39 Å². The number of halogens is 2. The van der Waals surface area contributed by atoms with Crippen molar-refractivity contribution < 1.29 is 9.50 Å². The lowest BCUT2D eigenvalue weighted by Crippen LogP contribution is -1.81. The summed E-state index contributed by atoms with van der Waals surface area (Å²) < 4.78 is 12.6. The fourth-order valence-corrected chi connectivity index (χ4v) is 0.796. The summed E-state index contributed by atoms with van der Waals surface area (Å²) in [7, 11) is 0. The number of aromatic hydroxyl groups is 1. The SMILES string of the molecule is Cc1ccc(O)c(F)c1Cl. The first kappa shape index (κ1) is 7.35. The molecule has 10 heavy (non-hydrogen) atoms. The van der Waals surface area contributed by atoms with E-state index >= 15 is 0 Å². The Bertz CT molecular complexity index is 233. The van der Waals surface area contributed by atoms with Gasteiger partial charge in [-0.1, -0.05) is 17.7 Å². The van der Waals surface area contributed by atoms with Gasteiger partial charge in [0.05, 0.1) is 5.02 Å². The summed E-state index contributed by atoms with van der Waals surface area (Å²) in [6.07, 6.45) is 0. The normalized spacial score (nSPS) is 9.90. The molecule has 1 nitrogen and oxygen atoms in total. The van der Waals surface area contributed by atoms with Crippen molar-refractivity contribution in [3.63, 3.8) is 0 Å². The molecule has 1 N–H and O–H groups in total. The lowest BCUT2D eigenvalue weighted by atomic mass is 10.2. The molecule has 0 fully saturated rings. The number of benzene rings is 1. The van der Waals surface area contributed by atoms with Crippen LogP contribution >= 0.6 is 11.6 Å². The minimum Gasteiger partial charge on any atom is -0.505 e. The quantitative estimate of drug-likeness (QED) is 0.618. The van der Waals surface area contributed by atoms with Crippen LogP contribution in [0, 0.1) is 12.7 Å². The van der Waals surface area contributed by atoms with Crippen LogP contribution in [0.1, 0.15) is 5.56 Å². The van der Waals surface area contributed by atoms with E-state index in [0.29, 0.717) is 5.56 Å². The highest BCUT2D eigenvalue weighted by atomic mass is 35.5. The van der Waals surface area contributed by atoms with Crippen molar-refractivity contribution in [2.75, 3.05) is 0 Å². The number of hydrogen-bond donors (Lipinski definition) is 1. The van der Waals surface area contributed by atoms with E-state index in [-0.39, 0.29) is 5.02 Å². The van der Waals surface area contributed by atoms with E-state index in [4.69, 9.17) is 16.7 Å². The number of phenols is 1. The summed E-state index contributed by atoms with van der Waals surface area (Å²) in [5, 5.41) is 8.75. The summed E-state index contributed by atoms with van der Waals surface area (Å²) in [5.41, 5.74) is 0.622. The maximum Gasteiger partial charge on any atom is 0.183 e. The highest BCUT2D eigenvalue weighted by Crippen LogP contribution is 2.25. The summed E-state index contributed by atoms with van der Waals surface area (Å²) in [6, 6.07) is 2.83. The Balaban J connectivity index is 3.34. The average molecular weight is 161 g/mol. The third kappa shape index (κ3) is 1.07. The molecule has 1 aromatic carbocycles. The molecule has 3 heteroatoms. The Labute approximate surface area is 63.1 Å². The van der Waals surface area contributed by atoms with Crippen LogP contribution < -0.4 is 0 Å². The van der Waals surface area contributed by atoms with E-state index in [1.54, 1.807) is 13.0 Å². The predicted molar refractivity (Wildman–Crippen MR) is 37.8 cm³/mol.